The largest absolute Gasteiger partial charge is 0.356 e. The highest BCUT2D eigenvalue weighted by atomic mass is 32.2. The topological polar surface area (TPSA) is 83.5 Å². The van der Waals surface area contributed by atoms with Crippen LogP contribution in [0.4, 0.5) is 5.82 Å². The number of aromatic nitrogens is 2. The Hall–Kier alpha value is -2.48. The molecule has 1 amide bonds. The predicted molar refractivity (Wildman–Crippen MR) is 106 cm³/mol. The number of likely N-dealkylation sites (tertiary alicyclic amines) is 1. The molecular formula is C20H24N4O3S. The van der Waals surface area contributed by atoms with Gasteiger partial charge in [0.1, 0.15) is 5.82 Å². The second-order valence-electron chi connectivity index (χ2n) is 7.84. The molecule has 2 fully saturated rings. The number of hydrogen-bond donors (Lipinski definition) is 0. The molecule has 4 heterocycles. The third-order valence-corrected chi connectivity index (χ3v) is 6.45. The molecule has 0 aromatic carbocycles. The van der Waals surface area contributed by atoms with Gasteiger partial charge < -0.3 is 9.80 Å². The molecule has 1 unspecified atom stereocenters. The molecule has 1 atom stereocenters. The van der Waals surface area contributed by atoms with Crippen LogP contribution in [0.1, 0.15) is 24.1 Å². The Bertz CT molecular complexity index is 963. The van der Waals surface area contributed by atoms with E-state index in [0.29, 0.717) is 18.7 Å². The maximum absolute atomic E-state index is 13.1. The number of sulfone groups is 1. The fourth-order valence-corrected chi connectivity index (χ4v) is 4.95. The van der Waals surface area contributed by atoms with Crippen molar-refractivity contribution >= 4 is 21.6 Å². The summed E-state index contributed by atoms with van der Waals surface area (Å²) in [5.74, 6) is 0.991. The Kier molecular flexibility index (Phi) is 4.82. The first kappa shape index (κ1) is 18.9. The molecule has 2 aliphatic heterocycles. The number of amides is 1. The van der Waals surface area contributed by atoms with E-state index in [0.717, 1.165) is 37.4 Å². The van der Waals surface area contributed by atoms with E-state index >= 15 is 0 Å². The Morgan fingerprint density at radius 3 is 2.61 bits per heavy atom. The van der Waals surface area contributed by atoms with Crippen LogP contribution in [-0.2, 0) is 26.9 Å². The summed E-state index contributed by atoms with van der Waals surface area (Å²) < 4.78 is 22.8. The minimum Gasteiger partial charge on any atom is -0.356 e. The summed E-state index contributed by atoms with van der Waals surface area (Å²) in [7, 11) is -3.08. The third-order valence-electron chi connectivity index (χ3n) is 5.60. The molecular weight excluding hydrogens is 376 g/mol. The molecule has 0 saturated carbocycles. The summed E-state index contributed by atoms with van der Waals surface area (Å²) in [4.78, 5) is 25.9. The van der Waals surface area contributed by atoms with Gasteiger partial charge in [0, 0.05) is 38.3 Å². The minimum atomic E-state index is -3.08. The van der Waals surface area contributed by atoms with E-state index in [2.05, 4.69) is 14.9 Å². The molecule has 2 saturated heterocycles. The van der Waals surface area contributed by atoms with E-state index in [1.54, 1.807) is 18.5 Å². The predicted octanol–water partition coefficient (Wildman–Crippen LogP) is 1.65. The number of carbonyl (C=O) groups is 1. The Morgan fingerprint density at radius 2 is 1.93 bits per heavy atom. The normalized spacial score (nSPS) is 22.4. The molecule has 1 spiro atoms. The number of rotatable bonds is 5. The van der Waals surface area contributed by atoms with Crippen LogP contribution >= 0.6 is 0 Å². The van der Waals surface area contributed by atoms with E-state index in [1.165, 1.54) is 6.26 Å². The third kappa shape index (κ3) is 3.87. The molecule has 2 aromatic rings. The summed E-state index contributed by atoms with van der Waals surface area (Å²) in [5.41, 5.74) is 1.24. The molecule has 8 heteroatoms. The lowest BCUT2D eigenvalue weighted by Crippen LogP contribution is -2.37. The van der Waals surface area contributed by atoms with Gasteiger partial charge in [0.15, 0.2) is 9.84 Å². The van der Waals surface area contributed by atoms with Gasteiger partial charge in [-0.25, -0.2) is 13.4 Å². The first-order valence-corrected chi connectivity index (χ1v) is 11.5. The molecule has 28 heavy (non-hydrogen) atoms. The van der Waals surface area contributed by atoms with E-state index in [9.17, 15) is 13.2 Å². The molecule has 0 bridgehead atoms. The smallest absolute Gasteiger partial charge is 0.231 e. The van der Waals surface area contributed by atoms with Gasteiger partial charge in [0.2, 0.25) is 5.91 Å². The highest BCUT2D eigenvalue weighted by Crippen LogP contribution is 2.42. The summed E-state index contributed by atoms with van der Waals surface area (Å²) in [6, 6.07) is 9.42. The van der Waals surface area contributed by atoms with Crippen molar-refractivity contribution in [2.75, 3.05) is 30.8 Å². The SMILES string of the molecule is CS(=O)(=O)Cc1ccc(N2CCC3(CCN(Cc4ccccn4)C3=O)C2)nc1. The van der Waals surface area contributed by atoms with Crippen LogP contribution in [-0.4, -0.2) is 55.1 Å². The minimum absolute atomic E-state index is 0.00875. The van der Waals surface area contributed by atoms with Crippen LogP contribution in [0.3, 0.4) is 0 Å². The highest BCUT2D eigenvalue weighted by Gasteiger charge is 2.50. The Morgan fingerprint density at radius 1 is 1.11 bits per heavy atom. The van der Waals surface area contributed by atoms with Crippen molar-refractivity contribution in [2.24, 2.45) is 5.41 Å². The van der Waals surface area contributed by atoms with Gasteiger partial charge in [0.05, 0.1) is 23.4 Å². The van der Waals surface area contributed by atoms with Crippen LogP contribution in [0.5, 0.6) is 0 Å². The molecule has 0 aliphatic carbocycles. The van der Waals surface area contributed by atoms with E-state index < -0.39 is 9.84 Å². The van der Waals surface area contributed by atoms with Crippen LogP contribution in [0.15, 0.2) is 42.7 Å². The average molecular weight is 401 g/mol. The average Bonchev–Trinajstić information content (AvgIpc) is 3.22. The number of hydrogen-bond acceptors (Lipinski definition) is 6. The molecule has 2 aliphatic rings. The van der Waals surface area contributed by atoms with Crippen molar-refractivity contribution in [3.63, 3.8) is 0 Å². The Balaban J connectivity index is 1.43. The van der Waals surface area contributed by atoms with Crippen molar-refractivity contribution in [1.82, 2.24) is 14.9 Å². The monoisotopic (exact) mass is 400 g/mol. The van der Waals surface area contributed by atoms with Gasteiger partial charge in [-0.1, -0.05) is 12.1 Å². The van der Waals surface area contributed by atoms with Crippen molar-refractivity contribution in [1.29, 1.82) is 0 Å². The quantitative estimate of drug-likeness (QED) is 0.759. The van der Waals surface area contributed by atoms with Crippen LogP contribution in [0.2, 0.25) is 0 Å². The highest BCUT2D eigenvalue weighted by molar-refractivity contribution is 7.89. The molecule has 0 radical (unpaired) electrons. The van der Waals surface area contributed by atoms with E-state index in [-0.39, 0.29) is 17.1 Å². The van der Waals surface area contributed by atoms with Crippen molar-refractivity contribution in [3.05, 3.63) is 54.0 Å². The molecule has 2 aromatic heterocycles. The van der Waals surface area contributed by atoms with Crippen molar-refractivity contribution in [3.8, 4) is 0 Å². The summed E-state index contributed by atoms with van der Waals surface area (Å²) >= 11 is 0. The molecule has 0 N–H and O–H groups in total. The van der Waals surface area contributed by atoms with E-state index in [1.807, 2.05) is 29.2 Å². The van der Waals surface area contributed by atoms with Gasteiger partial charge in [-0.2, -0.15) is 0 Å². The molecule has 4 rings (SSSR count). The maximum Gasteiger partial charge on any atom is 0.231 e. The lowest BCUT2D eigenvalue weighted by Gasteiger charge is -2.24. The first-order chi connectivity index (χ1) is 13.3. The van der Waals surface area contributed by atoms with Crippen LogP contribution in [0.25, 0.3) is 0 Å². The standard InChI is InChI=1S/C20H24N4O3S/c1-28(26,27)14-16-5-6-18(22-12-16)24-11-8-20(15-24)7-10-23(19(20)25)13-17-4-2-3-9-21-17/h2-6,9,12H,7-8,10-11,13-15H2,1H3. The Labute approximate surface area is 165 Å². The zero-order valence-electron chi connectivity index (χ0n) is 15.9. The summed E-state index contributed by atoms with van der Waals surface area (Å²) in [6.07, 6.45) is 6.25. The van der Waals surface area contributed by atoms with Gasteiger partial charge in [-0.15, -0.1) is 0 Å². The van der Waals surface area contributed by atoms with Crippen molar-refractivity contribution in [2.45, 2.75) is 25.1 Å². The second kappa shape index (κ2) is 7.16. The van der Waals surface area contributed by atoms with Crippen LogP contribution < -0.4 is 4.90 Å². The lowest BCUT2D eigenvalue weighted by molar-refractivity contribution is -0.135. The summed E-state index contributed by atoms with van der Waals surface area (Å²) in [6.45, 7) is 2.74. The molecule has 7 nitrogen and oxygen atoms in total. The maximum atomic E-state index is 13.1. The van der Waals surface area contributed by atoms with Crippen LogP contribution in [0, 0.1) is 5.41 Å². The number of nitrogens with zero attached hydrogens (tertiary/aromatic N) is 4. The zero-order valence-corrected chi connectivity index (χ0v) is 16.7. The lowest BCUT2D eigenvalue weighted by atomic mass is 9.85. The number of anilines is 1. The van der Waals surface area contributed by atoms with Gasteiger partial charge in [-0.05, 0) is 36.6 Å². The summed E-state index contributed by atoms with van der Waals surface area (Å²) in [5, 5.41) is 0. The van der Waals surface area contributed by atoms with Gasteiger partial charge >= 0.3 is 0 Å². The zero-order chi connectivity index (χ0) is 19.8. The molecule has 148 valence electrons. The second-order valence-corrected chi connectivity index (χ2v) is 9.98. The van der Waals surface area contributed by atoms with Gasteiger partial charge in [0.25, 0.3) is 0 Å². The fraction of sp³-hybridized carbons (Fsp3) is 0.450. The van der Waals surface area contributed by atoms with E-state index in [4.69, 9.17) is 0 Å². The fourth-order valence-electron chi connectivity index (χ4n) is 4.17. The number of pyridine rings is 2. The first-order valence-electron chi connectivity index (χ1n) is 9.42. The van der Waals surface area contributed by atoms with Crippen molar-refractivity contribution < 1.29 is 13.2 Å². The van der Waals surface area contributed by atoms with Gasteiger partial charge in [-0.3, -0.25) is 9.78 Å². The number of carbonyl (C=O) groups excluding carboxylic acids is 1.